The summed E-state index contributed by atoms with van der Waals surface area (Å²) in [6.07, 6.45) is 0.634. The zero-order chi connectivity index (χ0) is 23.8. The summed E-state index contributed by atoms with van der Waals surface area (Å²) in [6, 6.07) is 13.6. The van der Waals surface area contributed by atoms with Crippen LogP contribution >= 0.6 is 11.3 Å². The van der Waals surface area contributed by atoms with Gasteiger partial charge in [0.2, 0.25) is 0 Å². The van der Waals surface area contributed by atoms with Crippen molar-refractivity contribution in [3.05, 3.63) is 80.8 Å². The summed E-state index contributed by atoms with van der Waals surface area (Å²) in [7, 11) is 0. The van der Waals surface area contributed by atoms with Crippen molar-refractivity contribution in [3.8, 4) is 5.75 Å². The summed E-state index contributed by atoms with van der Waals surface area (Å²) in [5.74, 6) is 0.888. The first-order valence-electron chi connectivity index (χ1n) is 11.1. The lowest BCUT2D eigenvalue weighted by Gasteiger charge is -2.14. The maximum absolute atomic E-state index is 12.4. The highest BCUT2D eigenvalue weighted by Gasteiger charge is 2.13. The van der Waals surface area contributed by atoms with Crippen LogP contribution < -0.4 is 15.4 Å². The van der Waals surface area contributed by atoms with Gasteiger partial charge in [0.25, 0.3) is 11.8 Å². The van der Waals surface area contributed by atoms with Crippen molar-refractivity contribution in [2.24, 2.45) is 0 Å². The zero-order valence-corrected chi connectivity index (χ0v) is 20.4. The molecular weight excluding hydrogens is 434 g/mol. The SMILES string of the molecule is Cc1ccc(C(=O)NCCCNC(=O)c2csc(COc3cc(C)ccc3C(C)C)n2)cc1. The van der Waals surface area contributed by atoms with E-state index in [0.29, 0.717) is 43.3 Å². The lowest BCUT2D eigenvalue weighted by Crippen LogP contribution is -2.30. The van der Waals surface area contributed by atoms with Crippen LogP contribution in [0.3, 0.4) is 0 Å². The third-order valence-corrected chi connectivity index (χ3v) is 5.99. The lowest BCUT2D eigenvalue weighted by atomic mass is 10.0. The van der Waals surface area contributed by atoms with Crippen LogP contribution in [0.25, 0.3) is 0 Å². The average Bonchev–Trinajstić information content (AvgIpc) is 3.26. The molecule has 3 aromatic rings. The number of aromatic nitrogens is 1. The molecule has 7 heteroatoms. The molecule has 0 aliphatic heterocycles. The molecule has 0 saturated carbocycles. The van der Waals surface area contributed by atoms with E-state index in [2.05, 4.69) is 41.6 Å². The number of ether oxygens (including phenoxy) is 1. The predicted molar refractivity (Wildman–Crippen MR) is 132 cm³/mol. The minimum atomic E-state index is -0.221. The summed E-state index contributed by atoms with van der Waals surface area (Å²) in [5, 5.41) is 8.21. The van der Waals surface area contributed by atoms with Crippen molar-refractivity contribution in [2.75, 3.05) is 13.1 Å². The number of aryl methyl sites for hydroxylation is 2. The normalized spacial score (nSPS) is 10.8. The van der Waals surface area contributed by atoms with Crippen molar-refractivity contribution in [3.63, 3.8) is 0 Å². The van der Waals surface area contributed by atoms with Gasteiger partial charge < -0.3 is 15.4 Å². The smallest absolute Gasteiger partial charge is 0.270 e. The number of amides is 2. The molecular formula is C26H31N3O3S. The van der Waals surface area contributed by atoms with Crippen molar-refractivity contribution in [1.29, 1.82) is 0 Å². The second-order valence-electron chi connectivity index (χ2n) is 8.34. The number of nitrogens with one attached hydrogen (secondary N) is 2. The Morgan fingerprint density at radius 3 is 2.33 bits per heavy atom. The highest BCUT2D eigenvalue weighted by Crippen LogP contribution is 2.28. The summed E-state index contributed by atoms with van der Waals surface area (Å²) < 4.78 is 6.01. The topological polar surface area (TPSA) is 80.3 Å². The number of rotatable bonds is 10. The summed E-state index contributed by atoms with van der Waals surface area (Å²) in [4.78, 5) is 28.9. The number of benzene rings is 2. The molecule has 1 heterocycles. The summed E-state index contributed by atoms with van der Waals surface area (Å²) in [5.41, 5.74) is 4.43. The van der Waals surface area contributed by atoms with Crippen LogP contribution in [0.5, 0.6) is 5.75 Å². The number of hydrogen-bond donors (Lipinski definition) is 2. The fourth-order valence-corrected chi connectivity index (χ4v) is 3.94. The van der Waals surface area contributed by atoms with Crippen LogP contribution in [0.1, 0.15) is 68.7 Å². The van der Waals surface area contributed by atoms with Gasteiger partial charge in [-0.05, 0) is 55.5 Å². The largest absolute Gasteiger partial charge is 0.486 e. The van der Waals surface area contributed by atoms with Gasteiger partial charge in [-0.25, -0.2) is 4.98 Å². The fourth-order valence-electron chi connectivity index (χ4n) is 3.25. The molecule has 1 aromatic heterocycles. The van der Waals surface area contributed by atoms with Crippen molar-refractivity contribution in [1.82, 2.24) is 15.6 Å². The Balaban J connectivity index is 1.41. The van der Waals surface area contributed by atoms with Crippen molar-refractivity contribution >= 4 is 23.2 Å². The van der Waals surface area contributed by atoms with E-state index in [-0.39, 0.29) is 11.8 Å². The molecule has 2 amide bonds. The molecule has 0 bridgehead atoms. The maximum Gasteiger partial charge on any atom is 0.270 e. The summed E-state index contributed by atoms with van der Waals surface area (Å²) >= 11 is 1.41. The first-order chi connectivity index (χ1) is 15.8. The molecule has 0 fully saturated rings. The van der Waals surface area contributed by atoms with Crippen molar-refractivity contribution in [2.45, 2.75) is 46.6 Å². The van der Waals surface area contributed by atoms with Gasteiger partial charge in [0.15, 0.2) is 0 Å². The van der Waals surface area contributed by atoms with E-state index in [0.717, 1.165) is 27.4 Å². The first kappa shape index (κ1) is 24.5. The second-order valence-corrected chi connectivity index (χ2v) is 9.29. The minimum Gasteiger partial charge on any atom is -0.486 e. The van der Waals surface area contributed by atoms with Crippen LogP contribution in [-0.4, -0.2) is 29.9 Å². The average molecular weight is 466 g/mol. The van der Waals surface area contributed by atoms with Gasteiger partial charge in [-0.2, -0.15) is 0 Å². The molecule has 33 heavy (non-hydrogen) atoms. The van der Waals surface area contributed by atoms with Gasteiger partial charge in [-0.1, -0.05) is 43.7 Å². The van der Waals surface area contributed by atoms with E-state index in [9.17, 15) is 9.59 Å². The third kappa shape index (κ3) is 7.15. The predicted octanol–water partition coefficient (Wildman–Crippen LogP) is 5.01. The van der Waals surface area contributed by atoms with Gasteiger partial charge in [-0.3, -0.25) is 9.59 Å². The van der Waals surface area contributed by atoms with E-state index >= 15 is 0 Å². The lowest BCUT2D eigenvalue weighted by molar-refractivity contribution is 0.0948. The van der Waals surface area contributed by atoms with Gasteiger partial charge >= 0.3 is 0 Å². The maximum atomic E-state index is 12.4. The number of nitrogens with zero attached hydrogens (tertiary/aromatic N) is 1. The van der Waals surface area contributed by atoms with E-state index < -0.39 is 0 Å². The Labute approximate surface area is 199 Å². The van der Waals surface area contributed by atoms with Crippen LogP contribution in [0, 0.1) is 13.8 Å². The van der Waals surface area contributed by atoms with Crippen molar-refractivity contribution < 1.29 is 14.3 Å². The molecule has 0 spiro atoms. The molecule has 0 atom stereocenters. The molecule has 0 unspecified atom stereocenters. The second kappa shape index (κ2) is 11.6. The van der Waals surface area contributed by atoms with Crippen LogP contribution in [-0.2, 0) is 6.61 Å². The van der Waals surface area contributed by atoms with E-state index in [1.54, 1.807) is 17.5 Å². The monoisotopic (exact) mass is 465 g/mol. The Hall–Kier alpha value is -3.19. The Kier molecular flexibility index (Phi) is 8.60. The van der Waals surface area contributed by atoms with Gasteiger partial charge in [0.05, 0.1) is 0 Å². The van der Waals surface area contributed by atoms with Crippen LogP contribution in [0.4, 0.5) is 0 Å². The molecule has 2 N–H and O–H groups in total. The summed E-state index contributed by atoms with van der Waals surface area (Å²) in [6.45, 7) is 9.56. The Bertz CT molecular complexity index is 1090. The van der Waals surface area contributed by atoms with Gasteiger partial charge in [0, 0.05) is 24.0 Å². The fraction of sp³-hybridized carbons (Fsp3) is 0.346. The molecule has 2 aromatic carbocycles. The van der Waals surface area contributed by atoms with Gasteiger partial charge in [-0.15, -0.1) is 11.3 Å². The van der Waals surface area contributed by atoms with E-state index in [1.807, 2.05) is 32.0 Å². The molecule has 0 saturated heterocycles. The number of hydrogen-bond acceptors (Lipinski definition) is 5. The van der Waals surface area contributed by atoms with E-state index in [4.69, 9.17) is 4.74 Å². The highest BCUT2D eigenvalue weighted by atomic mass is 32.1. The molecule has 0 aliphatic rings. The molecule has 6 nitrogen and oxygen atoms in total. The Morgan fingerprint density at radius 2 is 1.64 bits per heavy atom. The zero-order valence-electron chi connectivity index (χ0n) is 19.6. The van der Waals surface area contributed by atoms with E-state index in [1.165, 1.54) is 11.3 Å². The number of carbonyl (C=O) groups excluding carboxylic acids is 2. The quantitative estimate of drug-likeness (QED) is 0.412. The standard InChI is InChI=1S/C26H31N3O3S/c1-17(2)21-11-8-19(4)14-23(21)32-15-24-29-22(16-33-24)26(31)28-13-5-12-27-25(30)20-9-6-18(3)7-10-20/h6-11,14,16-17H,5,12-13,15H2,1-4H3,(H,27,30)(H,28,31). The molecule has 174 valence electrons. The highest BCUT2D eigenvalue weighted by molar-refractivity contribution is 7.09. The number of thiazole rings is 1. The minimum absolute atomic E-state index is 0.111. The van der Waals surface area contributed by atoms with Crippen LogP contribution in [0.15, 0.2) is 47.8 Å². The molecule has 3 rings (SSSR count). The van der Waals surface area contributed by atoms with Gasteiger partial charge in [0.1, 0.15) is 23.1 Å². The number of carbonyl (C=O) groups is 2. The molecule has 0 aliphatic carbocycles. The van der Waals surface area contributed by atoms with Crippen LogP contribution in [0.2, 0.25) is 0 Å². The Morgan fingerprint density at radius 1 is 0.970 bits per heavy atom. The first-order valence-corrected chi connectivity index (χ1v) is 12.0. The third-order valence-electron chi connectivity index (χ3n) is 5.17. The molecule has 0 radical (unpaired) electrons.